The Morgan fingerprint density at radius 1 is 1.19 bits per heavy atom. The first-order chi connectivity index (χ1) is 7.75. The minimum atomic E-state index is 0.635. The van der Waals surface area contributed by atoms with Crippen molar-refractivity contribution < 1.29 is 0 Å². The molecule has 0 bridgehead atoms. The first-order valence-electron chi connectivity index (χ1n) is 5.89. The van der Waals surface area contributed by atoms with Crippen molar-refractivity contribution >= 4 is 26.7 Å². The van der Waals surface area contributed by atoms with Crippen molar-refractivity contribution in [3.8, 4) is 0 Å². The summed E-state index contributed by atoms with van der Waals surface area (Å²) in [5, 5.41) is 1.19. The predicted molar refractivity (Wildman–Crippen MR) is 70.3 cm³/mol. The molecule has 0 spiro atoms. The van der Waals surface area contributed by atoms with Gasteiger partial charge in [-0.3, -0.25) is 0 Å². The van der Waals surface area contributed by atoms with Crippen LogP contribution in [0.3, 0.4) is 0 Å². The van der Waals surface area contributed by atoms with Crippen molar-refractivity contribution in [2.45, 2.75) is 38.8 Å². The van der Waals surface area contributed by atoms with Crippen molar-refractivity contribution in [2.75, 3.05) is 4.90 Å². The highest BCUT2D eigenvalue weighted by molar-refractivity contribution is 7.22. The summed E-state index contributed by atoms with van der Waals surface area (Å²) in [4.78, 5) is 7.22. The van der Waals surface area contributed by atoms with E-state index in [-0.39, 0.29) is 0 Å². The maximum absolute atomic E-state index is 4.74. The fraction of sp³-hybridized carbons (Fsp3) is 0.462. The molecule has 2 aromatic rings. The third-order valence-electron chi connectivity index (χ3n) is 3.46. The summed E-state index contributed by atoms with van der Waals surface area (Å²) < 4.78 is 1.30. The van der Waals surface area contributed by atoms with Gasteiger partial charge in [0.1, 0.15) is 0 Å². The molecule has 1 fully saturated rings. The van der Waals surface area contributed by atoms with Crippen LogP contribution in [0.5, 0.6) is 0 Å². The van der Waals surface area contributed by atoms with Crippen LogP contribution in [0.15, 0.2) is 24.3 Å². The van der Waals surface area contributed by atoms with E-state index in [1.165, 1.54) is 22.7 Å². The normalized spacial score (nSPS) is 25.5. The van der Waals surface area contributed by atoms with E-state index in [2.05, 4.69) is 43.0 Å². The first-order valence-corrected chi connectivity index (χ1v) is 6.71. The van der Waals surface area contributed by atoms with Gasteiger partial charge < -0.3 is 4.90 Å². The molecule has 0 amide bonds. The molecule has 3 heteroatoms. The van der Waals surface area contributed by atoms with Crippen LogP contribution in [0, 0.1) is 0 Å². The second kappa shape index (κ2) is 3.74. The van der Waals surface area contributed by atoms with Crippen LogP contribution in [-0.4, -0.2) is 17.1 Å². The standard InChI is InChI=1S/C13H16N2S/c1-9-7-8-10(2)15(9)13-14-11-5-3-4-6-12(11)16-13/h3-6,9-10H,7-8H2,1-2H3. The number of fused-ring (bicyclic) bond motifs is 1. The summed E-state index contributed by atoms with van der Waals surface area (Å²) in [6, 6.07) is 9.66. The molecule has 2 nitrogen and oxygen atoms in total. The highest BCUT2D eigenvalue weighted by atomic mass is 32.1. The van der Waals surface area contributed by atoms with Crippen LogP contribution in [0.2, 0.25) is 0 Å². The van der Waals surface area contributed by atoms with Gasteiger partial charge in [-0.2, -0.15) is 0 Å². The van der Waals surface area contributed by atoms with E-state index in [0.717, 1.165) is 5.52 Å². The largest absolute Gasteiger partial charge is 0.343 e. The average molecular weight is 232 g/mol. The summed E-state index contributed by atoms with van der Waals surface area (Å²) in [5.74, 6) is 0. The zero-order valence-corrected chi connectivity index (χ0v) is 10.5. The van der Waals surface area contributed by atoms with Gasteiger partial charge in [-0.05, 0) is 38.8 Å². The molecule has 2 unspecified atom stereocenters. The van der Waals surface area contributed by atoms with E-state index in [1.807, 2.05) is 11.3 Å². The van der Waals surface area contributed by atoms with Crippen LogP contribution < -0.4 is 4.90 Å². The van der Waals surface area contributed by atoms with Gasteiger partial charge in [-0.25, -0.2) is 4.98 Å². The second-order valence-electron chi connectivity index (χ2n) is 4.65. The average Bonchev–Trinajstić information content (AvgIpc) is 2.82. The summed E-state index contributed by atoms with van der Waals surface area (Å²) >= 11 is 1.82. The molecule has 0 N–H and O–H groups in total. The maximum atomic E-state index is 4.74. The van der Waals surface area contributed by atoms with Crippen LogP contribution in [-0.2, 0) is 0 Å². The Morgan fingerprint density at radius 2 is 1.88 bits per heavy atom. The molecule has 16 heavy (non-hydrogen) atoms. The number of anilines is 1. The summed E-state index contributed by atoms with van der Waals surface area (Å²) in [6.07, 6.45) is 2.58. The van der Waals surface area contributed by atoms with Gasteiger partial charge in [0.25, 0.3) is 0 Å². The molecular formula is C13H16N2S. The molecule has 1 saturated heterocycles. The van der Waals surface area contributed by atoms with Crippen molar-refractivity contribution in [3.05, 3.63) is 24.3 Å². The number of benzene rings is 1. The fourth-order valence-corrected chi connectivity index (χ4v) is 3.71. The fourth-order valence-electron chi connectivity index (χ4n) is 2.54. The molecule has 1 aromatic heterocycles. The van der Waals surface area contributed by atoms with Gasteiger partial charge in [0.2, 0.25) is 0 Å². The molecule has 1 aliphatic heterocycles. The maximum Gasteiger partial charge on any atom is 0.186 e. The van der Waals surface area contributed by atoms with Crippen molar-refractivity contribution in [1.82, 2.24) is 4.98 Å². The number of nitrogens with zero attached hydrogens (tertiary/aromatic N) is 2. The lowest BCUT2D eigenvalue weighted by molar-refractivity contribution is 0.692. The first kappa shape index (κ1) is 10.1. The quantitative estimate of drug-likeness (QED) is 0.745. The van der Waals surface area contributed by atoms with Crippen LogP contribution >= 0.6 is 11.3 Å². The number of aromatic nitrogens is 1. The third-order valence-corrected chi connectivity index (χ3v) is 4.51. The second-order valence-corrected chi connectivity index (χ2v) is 5.66. The molecular weight excluding hydrogens is 216 g/mol. The van der Waals surface area contributed by atoms with Crippen LogP contribution in [0.25, 0.3) is 10.2 Å². The molecule has 0 radical (unpaired) electrons. The molecule has 2 heterocycles. The summed E-state index contributed by atoms with van der Waals surface area (Å²) in [7, 11) is 0. The number of hydrogen-bond donors (Lipinski definition) is 0. The van der Waals surface area contributed by atoms with Crippen LogP contribution in [0.1, 0.15) is 26.7 Å². The molecule has 84 valence electrons. The molecule has 2 atom stereocenters. The molecule has 1 aliphatic rings. The minimum absolute atomic E-state index is 0.635. The van der Waals surface area contributed by atoms with E-state index < -0.39 is 0 Å². The molecule has 3 rings (SSSR count). The Kier molecular flexibility index (Phi) is 2.36. The van der Waals surface area contributed by atoms with Crippen molar-refractivity contribution in [3.63, 3.8) is 0 Å². The van der Waals surface area contributed by atoms with E-state index in [0.29, 0.717) is 12.1 Å². The van der Waals surface area contributed by atoms with Gasteiger partial charge in [0.15, 0.2) is 5.13 Å². The molecule has 0 aliphatic carbocycles. The lowest BCUT2D eigenvalue weighted by atomic mass is 10.2. The van der Waals surface area contributed by atoms with E-state index in [4.69, 9.17) is 4.98 Å². The third kappa shape index (κ3) is 1.50. The summed E-state index contributed by atoms with van der Waals surface area (Å²) in [5.41, 5.74) is 1.13. The lowest BCUT2D eigenvalue weighted by Gasteiger charge is -2.25. The smallest absolute Gasteiger partial charge is 0.186 e. The van der Waals surface area contributed by atoms with E-state index >= 15 is 0 Å². The van der Waals surface area contributed by atoms with Gasteiger partial charge in [-0.1, -0.05) is 23.5 Å². The number of rotatable bonds is 1. The zero-order chi connectivity index (χ0) is 11.1. The Balaban J connectivity index is 2.05. The Bertz CT molecular complexity index is 462. The van der Waals surface area contributed by atoms with Gasteiger partial charge >= 0.3 is 0 Å². The Labute approximate surface area is 99.9 Å². The highest BCUT2D eigenvalue weighted by Gasteiger charge is 2.29. The molecule has 0 saturated carbocycles. The monoisotopic (exact) mass is 232 g/mol. The van der Waals surface area contributed by atoms with E-state index in [1.54, 1.807) is 0 Å². The van der Waals surface area contributed by atoms with Gasteiger partial charge in [-0.15, -0.1) is 0 Å². The van der Waals surface area contributed by atoms with E-state index in [9.17, 15) is 0 Å². The van der Waals surface area contributed by atoms with Crippen molar-refractivity contribution in [1.29, 1.82) is 0 Å². The van der Waals surface area contributed by atoms with Gasteiger partial charge in [0.05, 0.1) is 10.2 Å². The SMILES string of the molecule is CC1CCC(C)N1c1nc2ccccc2s1. The highest BCUT2D eigenvalue weighted by Crippen LogP contribution is 2.35. The predicted octanol–water partition coefficient (Wildman–Crippen LogP) is 3.67. The number of para-hydroxylation sites is 1. The topological polar surface area (TPSA) is 16.1 Å². The van der Waals surface area contributed by atoms with Crippen molar-refractivity contribution in [2.24, 2.45) is 0 Å². The Hall–Kier alpha value is -1.09. The zero-order valence-electron chi connectivity index (χ0n) is 9.68. The summed E-state index contributed by atoms with van der Waals surface area (Å²) in [6.45, 7) is 4.60. The van der Waals surface area contributed by atoms with Crippen LogP contribution in [0.4, 0.5) is 5.13 Å². The lowest BCUT2D eigenvalue weighted by Crippen LogP contribution is -2.32. The van der Waals surface area contributed by atoms with Gasteiger partial charge in [0, 0.05) is 12.1 Å². The molecule has 1 aromatic carbocycles. The minimum Gasteiger partial charge on any atom is -0.343 e. The number of thiazole rings is 1. The Morgan fingerprint density at radius 3 is 2.56 bits per heavy atom. The number of hydrogen-bond acceptors (Lipinski definition) is 3.